The Labute approximate surface area is 156 Å². The summed E-state index contributed by atoms with van der Waals surface area (Å²) < 4.78 is 31.3. The fourth-order valence-electron chi connectivity index (χ4n) is 2.91. The molecule has 144 valence electrons. The lowest BCUT2D eigenvalue weighted by Gasteiger charge is -2.15. The summed E-state index contributed by atoms with van der Waals surface area (Å²) in [5.74, 6) is -0.774. The first-order valence-corrected chi connectivity index (χ1v) is 9.88. The molecule has 1 aromatic heterocycles. The summed E-state index contributed by atoms with van der Waals surface area (Å²) in [4.78, 5) is 24.4. The van der Waals surface area contributed by atoms with Gasteiger partial charge < -0.3 is 4.52 Å². The van der Waals surface area contributed by atoms with Crippen molar-refractivity contribution in [2.45, 2.75) is 31.6 Å². The molecule has 27 heavy (non-hydrogen) atoms. The molecule has 1 saturated heterocycles. The molecule has 0 saturated carbocycles. The van der Waals surface area contributed by atoms with E-state index in [1.54, 1.807) is 13.8 Å². The third kappa shape index (κ3) is 3.86. The van der Waals surface area contributed by atoms with Crippen LogP contribution in [0, 0.1) is 13.8 Å². The minimum atomic E-state index is -3.53. The van der Waals surface area contributed by atoms with Crippen LogP contribution in [0.5, 0.6) is 0 Å². The number of amides is 2. The fourth-order valence-corrected chi connectivity index (χ4v) is 4.43. The molecule has 2 heterocycles. The van der Waals surface area contributed by atoms with Crippen LogP contribution in [0.4, 0.5) is 0 Å². The molecule has 2 aromatic rings. The second kappa shape index (κ2) is 7.49. The SMILES string of the molecule is Cc1noc(C)c1C(=O)NNC(=O)c1ccc(S(=O)(=O)N2CCCC2)cc1. The van der Waals surface area contributed by atoms with E-state index < -0.39 is 21.8 Å². The normalized spacial score (nSPS) is 14.9. The second-order valence-electron chi connectivity index (χ2n) is 6.24. The number of hydrogen-bond donors (Lipinski definition) is 2. The molecular weight excluding hydrogens is 372 g/mol. The van der Waals surface area contributed by atoms with Crippen molar-refractivity contribution < 1.29 is 22.5 Å². The van der Waals surface area contributed by atoms with Crippen LogP contribution < -0.4 is 10.9 Å². The van der Waals surface area contributed by atoms with Gasteiger partial charge in [0.2, 0.25) is 10.0 Å². The predicted octanol–water partition coefficient (Wildman–Crippen LogP) is 1.15. The summed E-state index contributed by atoms with van der Waals surface area (Å²) in [5.41, 5.74) is 5.46. The van der Waals surface area contributed by atoms with Crippen LogP contribution in [0.3, 0.4) is 0 Å². The Morgan fingerprint density at radius 1 is 1.04 bits per heavy atom. The van der Waals surface area contributed by atoms with Crippen molar-refractivity contribution in [1.82, 2.24) is 20.3 Å². The smallest absolute Gasteiger partial charge is 0.275 e. The molecule has 1 aliphatic heterocycles. The van der Waals surface area contributed by atoms with E-state index >= 15 is 0 Å². The Bertz CT molecular complexity index is 940. The van der Waals surface area contributed by atoms with Crippen molar-refractivity contribution in [3.8, 4) is 0 Å². The first-order valence-electron chi connectivity index (χ1n) is 8.44. The zero-order chi connectivity index (χ0) is 19.6. The zero-order valence-corrected chi connectivity index (χ0v) is 15.8. The van der Waals surface area contributed by atoms with Gasteiger partial charge in [0.25, 0.3) is 11.8 Å². The number of sulfonamides is 1. The molecule has 0 unspecified atom stereocenters. The van der Waals surface area contributed by atoms with E-state index in [-0.39, 0.29) is 16.0 Å². The summed E-state index contributed by atoms with van der Waals surface area (Å²) in [7, 11) is -3.53. The maximum atomic E-state index is 12.5. The van der Waals surface area contributed by atoms with Gasteiger partial charge in [-0.1, -0.05) is 5.16 Å². The Morgan fingerprint density at radius 2 is 1.63 bits per heavy atom. The van der Waals surface area contributed by atoms with Crippen LogP contribution in [0.1, 0.15) is 45.0 Å². The Balaban J connectivity index is 1.65. The number of hydrogen-bond acceptors (Lipinski definition) is 6. The van der Waals surface area contributed by atoms with Gasteiger partial charge >= 0.3 is 0 Å². The highest BCUT2D eigenvalue weighted by Crippen LogP contribution is 2.21. The highest BCUT2D eigenvalue weighted by atomic mass is 32.2. The quantitative estimate of drug-likeness (QED) is 0.753. The number of hydrazine groups is 1. The maximum absolute atomic E-state index is 12.5. The number of rotatable bonds is 4. The number of carbonyl (C=O) groups excluding carboxylic acids is 2. The molecule has 10 heteroatoms. The highest BCUT2D eigenvalue weighted by molar-refractivity contribution is 7.89. The van der Waals surface area contributed by atoms with E-state index in [1.165, 1.54) is 28.6 Å². The molecule has 9 nitrogen and oxygen atoms in total. The topological polar surface area (TPSA) is 122 Å². The van der Waals surface area contributed by atoms with Gasteiger partial charge in [-0.25, -0.2) is 8.42 Å². The summed E-state index contributed by atoms with van der Waals surface area (Å²) in [6.07, 6.45) is 1.70. The van der Waals surface area contributed by atoms with Crippen molar-refractivity contribution in [3.63, 3.8) is 0 Å². The van der Waals surface area contributed by atoms with Crippen molar-refractivity contribution in [2.24, 2.45) is 0 Å². The van der Waals surface area contributed by atoms with Crippen molar-refractivity contribution in [1.29, 1.82) is 0 Å². The Morgan fingerprint density at radius 3 is 2.19 bits per heavy atom. The predicted molar refractivity (Wildman–Crippen MR) is 95.3 cm³/mol. The molecule has 0 radical (unpaired) electrons. The van der Waals surface area contributed by atoms with E-state index in [4.69, 9.17) is 4.52 Å². The monoisotopic (exact) mass is 392 g/mol. The zero-order valence-electron chi connectivity index (χ0n) is 15.0. The third-order valence-corrected chi connectivity index (χ3v) is 6.28. The molecule has 2 amide bonds. The first-order chi connectivity index (χ1) is 12.8. The van der Waals surface area contributed by atoms with Gasteiger partial charge in [-0.05, 0) is 51.0 Å². The summed E-state index contributed by atoms with van der Waals surface area (Å²) in [5, 5.41) is 3.68. The molecule has 0 aliphatic carbocycles. The number of aryl methyl sites for hydroxylation is 2. The molecule has 0 atom stereocenters. The molecule has 3 rings (SSSR count). The van der Waals surface area contributed by atoms with Crippen LogP contribution in [0.25, 0.3) is 0 Å². The standard InChI is InChI=1S/C17H20N4O5S/c1-11-15(12(2)26-20-11)17(23)19-18-16(22)13-5-7-14(8-6-13)27(24,25)21-9-3-4-10-21/h5-8H,3-4,9-10H2,1-2H3,(H,18,22)(H,19,23). The number of nitrogens with one attached hydrogen (secondary N) is 2. The van der Waals surface area contributed by atoms with Crippen LogP contribution in [0.15, 0.2) is 33.7 Å². The summed E-state index contributed by atoms with van der Waals surface area (Å²) in [6, 6.07) is 5.58. The van der Waals surface area contributed by atoms with Crippen LogP contribution in [-0.2, 0) is 10.0 Å². The lowest BCUT2D eigenvalue weighted by molar-refractivity contribution is 0.0845. The lowest BCUT2D eigenvalue weighted by atomic mass is 10.2. The summed E-state index contributed by atoms with van der Waals surface area (Å²) in [6.45, 7) is 4.24. The Kier molecular flexibility index (Phi) is 5.29. The number of nitrogens with zero attached hydrogens (tertiary/aromatic N) is 2. The average molecular weight is 392 g/mol. The van der Waals surface area contributed by atoms with Crippen molar-refractivity contribution in [2.75, 3.05) is 13.1 Å². The van der Waals surface area contributed by atoms with E-state index in [0.717, 1.165) is 12.8 Å². The van der Waals surface area contributed by atoms with Gasteiger partial charge in [0.15, 0.2) is 0 Å². The minimum absolute atomic E-state index is 0.140. The molecule has 1 aromatic carbocycles. The largest absolute Gasteiger partial charge is 0.361 e. The van der Waals surface area contributed by atoms with E-state index in [9.17, 15) is 18.0 Å². The van der Waals surface area contributed by atoms with Gasteiger partial charge in [-0.3, -0.25) is 20.4 Å². The van der Waals surface area contributed by atoms with Crippen LogP contribution in [-0.4, -0.2) is 42.8 Å². The van der Waals surface area contributed by atoms with Crippen LogP contribution in [0.2, 0.25) is 0 Å². The molecule has 1 fully saturated rings. The molecule has 2 N–H and O–H groups in total. The Hall–Kier alpha value is -2.72. The van der Waals surface area contributed by atoms with Crippen molar-refractivity contribution >= 4 is 21.8 Å². The van der Waals surface area contributed by atoms with Gasteiger partial charge in [-0.2, -0.15) is 4.31 Å². The van der Waals surface area contributed by atoms with Crippen LogP contribution >= 0.6 is 0 Å². The van der Waals surface area contributed by atoms with Gasteiger partial charge in [0.1, 0.15) is 11.3 Å². The lowest BCUT2D eigenvalue weighted by Crippen LogP contribution is -2.42. The minimum Gasteiger partial charge on any atom is -0.361 e. The van der Waals surface area contributed by atoms with E-state index in [2.05, 4.69) is 16.0 Å². The molecule has 1 aliphatic rings. The fraction of sp³-hybridized carbons (Fsp3) is 0.353. The molecule has 0 bridgehead atoms. The van der Waals surface area contributed by atoms with E-state index in [1.807, 2.05) is 0 Å². The van der Waals surface area contributed by atoms with Gasteiger partial charge in [0, 0.05) is 18.7 Å². The van der Waals surface area contributed by atoms with Gasteiger partial charge in [-0.15, -0.1) is 0 Å². The average Bonchev–Trinajstić information content (AvgIpc) is 3.30. The first kappa shape index (κ1) is 19.1. The van der Waals surface area contributed by atoms with E-state index in [0.29, 0.717) is 24.5 Å². The second-order valence-corrected chi connectivity index (χ2v) is 8.18. The third-order valence-electron chi connectivity index (χ3n) is 4.37. The molecular formula is C17H20N4O5S. The number of aromatic nitrogens is 1. The summed E-state index contributed by atoms with van der Waals surface area (Å²) >= 11 is 0. The van der Waals surface area contributed by atoms with Crippen molar-refractivity contribution in [3.05, 3.63) is 46.8 Å². The highest BCUT2D eigenvalue weighted by Gasteiger charge is 2.27. The maximum Gasteiger partial charge on any atom is 0.275 e. The van der Waals surface area contributed by atoms with Gasteiger partial charge in [0.05, 0.1) is 10.6 Å². The number of carbonyl (C=O) groups is 2. The number of benzene rings is 1. The molecule has 0 spiro atoms.